The molecule has 3 N–H and O–H groups in total. The van der Waals surface area contributed by atoms with Crippen molar-refractivity contribution in [2.75, 3.05) is 19.6 Å². The smallest absolute Gasteiger partial charge is 0.244 e. The van der Waals surface area contributed by atoms with Crippen LogP contribution in [0.1, 0.15) is 44.1 Å². The fourth-order valence-corrected chi connectivity index (χ4v) is 3.91. The van der Waals surface area contributed by atoms with Crippen LogP contribution in [0, 0.1) is 5.92 Å². The maximum Gasteiger partial charge on any atom is 0.244 e. The van der Waals surface area contributed by atoms with E-state index in [1.54, 1.807) is 0 Å². The van der Waals surface area contributed by atoms with E-state index in [1.807, 2.05) is 4.90 Å². The van der Waals surface area contributed by atoms with E-state index >= 15 is 0 Å². The lowest BCUT2D eigenvalue weighted by Gasteiger charge is -2.31. The predicted octanol–water partition coefficient (Wildman–Crippen LogP) is 2.93. The highest BCUT2D eigenvalue weighted by atomic mass is 127. The van der Waals surface area contributed by atoms with E-state index in [9.17, 15) is 4.79 Å². The lowest BCUT2D eigenvalue weighted by Crippen LogP contribution is -2.42. The molecule has 1 aromatic rings. The highest BCUT2D eigenvalue weighted by Gasteiger charge is 2.23. The van der Waals surface area contributed by atoms with E-state index in [0.717, 1.165) is 45.2 Å². The minimum absolute atomic E-state index is 0. The second kappa shape index (κ2) is 10.7. The molecule has 0 bridgehead atoms. The van der Waals surface area contributed by atoms with Gasteiger partial charge >= 0.3 is 0 Å². The molecule has 1 aromatic carbocycles. The van der Waals surface area contributed by atoms with Gasteiger partial charge in [-0.1, -0.05) is 43.2 Å². The van der Waals surface area contributed by atoms with Crippen LogP contribution in [-0.2, 0) is 11.2 Å². The number of guanidine groups is 1. The standard InChI is InChI=1S/C20H30N4O.HI/c21-20(23-18-8-4-5-9-18)22-15-19(25)24-12-10-17(11-13-24)14-16-6-2-1-3-7-16;/h1-3,6-7,17-18H,4-5,8-15H2,(H3,21,22,23);1H. The summed E-state index contributed by atoms with van der Waals surface area (Å²) in [5.74, 6) is 1.18. The minimum Gasteiger partial charge on any atom is -0.370 e. The summed E-state index contributed by atoms with van der Waals surface area (Å²) in [6.45, 7) is 1.83. The minimum atomic E-state index is 0. The molecule has 0 radical (unpaired) electrons. The normalized spacial score (nSPS) is 19.2. The van der Waals surface area contributed by atoms with Crippen LogP contribution in [0.15, 0.2) is 35.3 Å². The molecule has 2 fully saturated rings. The van der Waals surface area contributed by atoms with Crippen molar-refractivity contribution >= 4 is 35.8 Å². The summed E-state index contributed by atoms with van der Waals surface area (Å²) in [4.78, 5) is 18.5. The first-order chi connectivity index (χ1) is 12.2. The van der Waals surface area contributed by atoms with Gasteiger partial charge in [0.25, 0.3) is 0 Å². The van der Waals surface area contributed by atoms with E-state index < -0.39 is 0 Å². The van der Waals surface area contributed by atoms with Crippen LogP contribution in [0.5, 0.6) is 0 Å². The number of nitrogens with two attached hydrogens (primary N) is 1. The van der Waals surface area contributed by atoms with Crippen LogP contribution in [0.4, 0.5) is 0 Å². The van der Waals surface area contributed by atoms with Gasteiger partial charge in [0.1, 0.15) is 6.54 Å². The van der Waals surface area contributed by atoms with Crippen molar-refractivity contribution in [1.82, 2.24) is 10.2 Å². The zero-order chi connectivity index (χ0) is 17.5. The maximum atomic E-state index is 12.3. The molecule has 144 valence electrons. The third-order valence-electron chi connectivity index (χ3n) is 5.43. The SMILES string of the molecule is I.NC(=NCC(=O)N1CCC(Cc2ccccc2)CC1)NC1CCCC1. The Kier molecular flexibility index (Phi) is 8.68. The Morgan fingerprint density at radius 2 is 1.77 bits per heavy atom. The summed E-state index contributed by atoms with van der Waals surface area (Å²) in [5.41, 5.74) is 7.30. The Morgan fingerprint density at radius 1 is 1.12 bits per heavy atom. The summed E-state index contributed by atoms with van der Waals surface area (Å²) in [7, 11) is 0. The zero-order valence-electron chi connectivity index (χ0n) is 15.4. The molecule has 6 heteroatoms. The van der Waals surface area contributed by atoms with Crippen molar-refractivity contribution < 1.29 is 4.79 Å². The number of piperidine rings is 1. The van der Waals surface area contributed by atoms with Crippen LogP contribution < -0.4 is 11.1 Å². The van der Waals surface area contributed by atoms with E-state index in [2.05, 4.69) is 40.6 Å². The second-order valence-corrected chi connectivity index (χ2v) is 7.34. The first-order valence-corrected chi connectivity index (χ1v) is 9.59. The molecule has 26 heavy (non-hydrogen) atoms. The molecule has 0 unspecified atom stereocenters. The Balaban J connectivity index is 0.00000243. The van der Waals surface area contributed by atoms with Crippen LogP contribution >= 0.6 is 24.0 Å². The summed E-state index contributed by atoms with van der Waals surface area (Å²) in [6.07, 6.45) is 8.06. The zero-order valence-corrected chi connectivity index (χ0v) is 17.7. The monoisotopic (exact) mass is 470 g/mol. The number of hydrogen-bond donors (Lipinski definition) is 2. The van der Waals surface area contributed by atoms with E-state index in [-0.39, 0.29) is 36.4 Å². The van der Waals surface area contributed by atoms with Crippen molar-refractivity contribution in [1.29, 1.82) is 0 Å². The third-order valence-corrected chi connectivity index (χ3v) is 5.43. The number of aliphatic imine (C=N–C) groups is 1. The molecule has 0 aromatic heterocycles. The van der Waals surface area contributed by atoms with E-state index in [4.69, 9.17) is 5.73 Å². The average molecular weight is 470 g/mol. The molecule has 1 aliphatic carbocycles. The van der Waals surface area contributed by atoms with Crippen LogP contribution in [0.3, 0.4) is 0 Å². The van der Waals surface area contributed by atoms with Crippen molar-refractivity contribution in [2.45, 2.75) is 51.0 Å². The Labute approximate surface area is 173 Å². The number of carbonyl (C=O) groups excluding carboxylic acids is 1. The molecule has 1 amide bonds. The van der Waals surface area contributed by atoms with Gasteiger partial charge in [0.05, 0.1) is 0 Å². The summed E-state index contributed by atoms with van der Waals surface area (Å²) >= 11 is 0. The molecule has 0 atom stereocenters. The molecule has 2 aliphatic rings. The number of halogens is 1. The van der Waals surface area contributed by atoms with Crippen molar-refractivity contribution in [3.05, 3.63) is 35.9 Å². The van der Waals surface area contributed by atoms with Crippen molar-refractivity contribution in [3.8, 4) is 0 Å². The molecule has 1 saturated carbocycles. The molecule has 1 aliphatic heterocycles. The number of amides is 1. The predicted molar refractivity (Wildman–Crippen MR) is 117 cm³/mol. The van der Waals surface area contributed by atoms with Crippen molar-refractivity contribution in [2.24, 2.45) is 16.6 Å². The fraction of sp³-hybridized carbons (Fsp3) is 0.600. The number of benzene rings is 1. The van der Waals surface area contributed by atoms with Gasteiger partial charge in [-0.15, -0.1) is 24.0 Å². The number of hydrogen-bond acceptors (Lipinski definition) is 2. The molecule has 5 nitrogen and oxygen atoms in total. The highest BCUT2D eigenvalue weighted by molar-refractivity contribution is 14.0. The van der Waals surface area contributed by atoms with Crippen LogP contribution in [0.2, 0.25) is 0 Å². The first-order valence-electron chi connectivity index (χ1n) is 9.59. The second-order valence-electron chi connectivity index (χ2n) is 7.34. The van der Waals surface area contributed by atoms with Crippen molar-refractivity contribution in [3.63, 3.8) is 0 Å². The molecular formula is C20H31IN4O. The molecule has 1 saturated heterocycles. The lowest BCUT2D eigenvalue weighted by atomic mass is 9.90. The Morgan fingerprint density at radius 3 is 2.42 bits per heavy atom. The van der Waals surface area contributed by atoms with Gasteiger partial charge in [-0.05, 0) is 43.6 Å². The number of likely N-dealkylation sites (tertiary alicyclic amines) is 1. The molecule has 3 rings (SSSR count). The van der Waals surface area contributed by atoms with Gasteiger partial charge in [-0.3, -0.25) is 4.79 Å². The van der Waals surface area contributed by atoms with E-state index in [0.29, 0.717) is 17.9 Å². The Hall–Kier alpha value is -1.31. The fourth-order valence-electron chi connectivity index (χ4n) is 3.91. The average Bonchev–Trinajstić information content (AvgIpc) is 3.14. The first kappa shape index (κ1) is 21.0. The Bertz CT molecular complexity index is 579. The van der Waals surface area contributed by atoms with Gasteiger partial charge in [0, 0.05) is 19.1 Å². The van der Waals surface area contributed by atoms with Gasteiger partial charge < -0.3 is 16.0 Å². The quantitative estimate of drug-likeness (QED) is 0.395. The van der Waals surface area contributed by atoms with Gasteiger partial charge in [0.2, 0.25) is 5.91 Å². The maximum absolute atomic E-state index is 12.3. The van der Waals surface area contributed by atoms with Gasteiger partial charge in [-0.2, -0.15) is 0 Å². The number of rotatable bonds is 5. The highest BCUT2D eigenvalue weighted by Crippen LogP contribution is 2.21. The summed E-state index contributed by atoms with van der Waals surface area (Å²) in [6, 6.07) is 11.1. The molecular weight excluding hydrogens is 439 g/mol. The van der Waals surface area contributed by atoms with Gasteiger partial charge in [0.15, 0.2) is 5.96 Å². The number of nitrogens with zero attached hydrogens (tertiary/aromatic N) is 2. The van der Waals surface area contributed by atoms with Crippen LogP contribution in [-0.4, -0.2) is 42.4 Å². The number of carbonyl (C=O) groups is 1. The van der Waals surface area contributed by atoms with E-state index in [1.165, 1.54) is 18.4 Å². The topological polar surface area (TPSA) is 70.7 Å². The molecule has 0 spiro atoms. The van der Waals surface area contributed by atoms with Gasteiger partial charge in [-0.25, -0.2) is 4.99 Å². The number of nitrogens with one attached hydrogen (secondary N) is 1. The summed E-state index contributed by atoms with van der Waals surface area (Å²) < 4.78 is 0. The van der Waals surface area contributed by atoms with Crippen LogP contribution in [0.25, 0.3) is 0 Å². The molecule has 1 heterocycles. The third kappa shape index (κ3) is 6.45. The lowest BCUT2D eigenvalue weighted by molar-refractivity contribution is -0.130. The largest absolute Gasteiger partial charge is 0.370 e. The summed E-state index contributed by atoms with van der Waals surface area (Å²) in [5, 5.41) is 3.23.